The number of nitro benzene ring substituents is 1. The van der Waals surface area contributed by atoms with Gasteiger partial charge in [-0.3, -0.25) is 14.9 Å². The average molecular weight is 357 g/mol. The number of methoxy groups -OCH3 is 1. The van der Waals surface area contributed by atoms with Crippen LogP contribution in [0.4, 0.5) is 5.69 Å². The van der Waals surface area contributed by atoms with E-state index in [9.17, 15) is 14.9 Å². The van der Waals surface area contributed by atoms with Crippen molar-refractivity contribution in [1.82, 2.24) is 5.43 Å². The minimum atomic E-state index is -0.555. The maximum absolute atomic E-state index is 11.9. The van der Waals surface area contributed by atoms with Crippen molar-refractivity contribution in [2.24, 2.45) is 5.10 Å². The van der Waals surface area contributed by atoms with Gasteiger partial charge in [0.2, 0.25) is 5.75 Å². The number of ether oxygens (including phenoxy) is 2. The molecule has 8 heteroatoms. The molecule has 2 rings (SSSR count). The van der Waals surface area contributed by atoms with Gasteiger partial charge in [0.25, 0.3) is 5.91 Å². The summed E-state index contributed by atoms with van der Waals surface area (Å²) in [7, 11) is 1.39. The van der Waals surface area contributed by atoms with Gasteiger partial charge >= 0.3 is 5.69 Å². The van der Waals surface area contributed by atoms with E-state index >= 15 is 0 Å². The number of amides is 1. The zero-order chi connectivity index (χ0) is 19.1. The first-order valence-electron chi connectivity index (χ1n) is 7.84. The molecule has 0 spiro atoms. The molecule has 0 aromatic heterocycles. The molecule has 0 saturated carbocycles. The number of rotatable bonds is 7. The average Bonchev–Trinajstić information content (AvgIpc) is 2.62. The van der Waals surface area contributed by atoms with E-state index in [-0.39, 0.29) is 29.2 Å². The summed E-state index contributed by atoms with van der Waals surface area (Å²) in [5.41, 5.74) is 2.97. The van der Waals surface area contributed by atoms with E-state index in [1.54, 1.807) is 50.2 Å². The lowest BCUT2D eigenvalue weighted by Crippen LogP contribution is -2.17. The topological polar surface area (TPSA) is 103 Å². The number of nitrogens with zero attached hydrogens (tertiary/aromatic N) is 2. The molecule has 26 heavy (non-hydrogen) atoms. The lowest BCUT2D eigenvalue weighted by atomic mass is 10.2. The van der Waals surface area contributed by atoms with Crippen LogP contribution in [0.2, 0.25) is 0 Å². The molecule has 2 aromatic carbocycles. The summed E-state index contributed by atoms with van der Waals surface area (Å²) in [5.74, 6) is -0.121. The number of benzene rings is 2. The van der Waals surface area contributed by atoms with E-state index in [1.807, 2.05) is 0 Å². The van der Waals surface area contributed by atoms with Crippen LogP contribution in [0.3, 0.4) is 0 Å². The summed E-state index contributed by atoms with van der Waals surface area (Å²) in [6.07, 6.45) is 1.04. The minimum absolute atomic E-state index is 0.0537. The Labute approximate surface area is 150 Å². The molecule has 0 aliphatic carbocycles. The molecule has 0 fully saturated rings. The number of carbonyl (C=O) groups is 1. The predicted octanol–water partition coefficient (Wildman–Crippen LogP) is 3.15. The van der Waals surface area contributed by atoms with Crippen LogP contribution in [0.15, 0.2) is 47.6 Å². The number of carbonyl (C=O) groups excluding carboxylic acids is 1. The fourth-order valence-electron chi connectivity index (χ4n) is 2.14. The van der Waals surface area contributed by atoms with Gasteiger partial charge in [0.1, 0.15) is 0 Å². The monoisotopic (exact) mass is 357 g/mol. The maximum Gasteiger partial charge on any atom is 0.315 e. The van der Waals surface area contributed by atoms with Crippen molar-refractivity contribution >= 4 is 17.8 Å². The first-order valence-corrected chi connectivity index (χ1v) is 7.84. The Balaban J connectivity index is 2.25. The highest BCUT2D eigenvalue weighted by Gasteiger charge is 2.23. The number of nitrogens with one attached hydrogen (secondary N) is 1. The Morgan fingerprint density at radius 1 is 1.27 bits per heavy atom. The first kappa shape index (κ1) is 18.9. The largest absolute Gasteiger partial charge is 0.493 e. The molecule has 136 valence electrons. The highest BCUT2D eigenvalue weighted by atomic mass is 16.6. The quantitative estimate of drug-likeness (QED) is 0.466. The Morgan fingerprint density at radius 3 is 2.54 bits per heavy atom. The van der Waals surface area contributed by atoms with Crippen LogP contribution in [0.5, 0.6) is 11.5 Å². The van der Waals surface area contributed by atoms with Gasteiger partial charge in [-0.15, -0.1) is 0 Å². The molecule has 2 aromatic rings. The van der Waals surface area contributed by atoms with Crippen molar-refractivity contribution in [2.75, 3.05) is 7.11 Å². The Kier molecular flexibility index (Phi) is 6.26. The Bertz CT molecular complexity index is 819. The van der Waals surface area contributed by atoms with Gasteiger partial charge in [0, 0.05) is 17.2 Å². The van der Waals surface area contributed by atoms with Crippen LogP contribution in [0.1, 0.15) is 29.8 Å². The van der Waals surface area contributed by atoms with E-state index in [1.165, 1.54) is 19.4 Å². The van der Waals surface area contributed by atoms with Crippen molar-refractivity contribution < 1.29 is 19.2 Å². The molecule has 0 radical (unpaired) electrons. The molecule has 8 nitrogen and oxygen atoms in total. The molecule has 1 amide bonds. The van der Waals surface area contributed by atoms with Crippen molar-refractivity contribution in [3.63, 3.8) is 0 Å². The predicted molar refractivity (Wildman–Crippen MR) is 96.9 cm³/mol. The van der Waals surface area contributed by atoms with Crippen molar-refractivity contribution in [1.29, 1.82) is 0 Å². The summed E-state index contributed by atoms with van der Waals surface area (Å²) in [4.78, 5) is 22.7. The van der Waals surface area contributed by atoms with E-state index in [0.717, 1.165) is 0 Å². The van der Waals surface area contributed by atoms with Crippen molar-refractivity contribution in [3.05, 3.63) is 63.7 Å². The standard InChI is InChI=1S/C18H19N3O5/c1-12(2)26-17-15(21(23)24)9-13(10-16(17)25-3)11-19-20-18(22)14-7-5-4-6-8-14/h4-12H,1-3H3,(H,20,22)/b19-11+. The van der Waals surface area contributed by atoms with E-state index in [0.29, 0.717) is 11.1 Å². The van der Waals surface area contributed by atoms with Gasteiger partial charge in [-0.1, -0.05) is 18.2 Å². The number of hydrazone groups is 1. The lowest BCUT2D eigenvalue weighted by Gasteiger charge is -2.14. The Morgan fingerprint density at radius 2 is 1.96 bits per heavy atom. The van der Waals surface area contributed by atoms with Crippen LogP contribution < -0.4 is 14.9 Å². The third-order valence-electron chi connectivity index (χ3n) is 3.24. The molecule has 0 aliphatic rings. The molecule has 1 N–H and O–H groups in total. The third-order valence-corrected chi connectivity index (χ3v) is 3.24. The van der Waals surface area contributed by atoms with Crippen LogP contribution in [-0.2, 0) is 0 Å². The van der Waals surface area contributed by atoms with Gasteiger partial charge in [-0.05, 0) is 32.0 Å². The second-order valence-electron chi connectivity index (χ2n) is 5.56. The normalized spacial score (nSPS) is 10.8. The first-order chi connectivity index (χ1) is 12.4. The molecule has 0 saturated heterocycles. The zero-order valence-corrected chi connectivity index (χ0v) is 14.6. The highest BCUT2D eigenvalue weighted by Crippen LogP contribution is 2.38. The lowest BCUT2D eigenvalue weighted by molar-refractivity contribution is -0.386. The van der Waals surface area contributed by atoms with Gasteiger partial charge < -0.3 is 9.47 Å². The fourth-order valence-corrected chi connectivity index (χ4v) is 2.14. The second kappa shape index (κ2) is 8.61. The van der Waals surface area contributed by atoms with E-state index in [2.05, 4.69) is 10.5 Å². The van der Waals surface area contributed by atoms with Crippen LogP contribution in [0, 0.1) is 10.1 Å². The van der Waals surface area contributed by atoms with Gasteiger partial charge in [-0.25, -0.2) is 5.43 Å². The summed E-state index contributed by atoms with van der Waals surface area (Å²) in [6.45, 7) is 3.52. The van der Waals surface area contributed by atoms with Crippen molar-refractivity contribution in [2.45, 2.75) is 20.0 Å². The van der Waals surface area contributed by atoms with E-state index in [4.69, 9.17) is 9.47 Å². The van der Waals surface area contributed by atoms with Crippen LogP contribution in [0.25, 0.3) is 0 Å². The molecular weight excluding hydrogens is 338 g/mol. The minimum Gasteiger partial charge on any atom is -0.493 e. The zero-order valence-electron chi connectivity index (χ0n) is 14.6. The van der Waals surface area contributed by atoms with Gasteiger partial charge in [-0.2, -0.15) is 5.10 Å². The molecule has 0 bridgehead atoms. The smallest absolute Gasteiger partial charge is 0.315 e. The molecule has 0 aliphatic heterocycles. The van der Waals surface area contributed by atoms with E-state index < -0.39 is 4.92 Å². The summed E-state index contributed by atoms with van der Waals surface area (Å²) in [5, 5.41) is 15.2. The third kappa shape index (κ3) is 4.79. The maximum atomic E-state index is 11.9. The summed E-state index contributed by atoms with van der Waals surface area (Å²) < 4.78 is 10.7. The summed E-state index contributed by atoms with van der Waals surface area (Å²) in [6, 6.07) is 11.4. The van der Waals surface area contributed by atoms with Crippen molar-refractivity contribution in [3.8, 4) is 11.5 Å². The van der Waals surface area contributed by atoms with Gasteiger partial charge in [0.15, 0.2) is 5.75 Å². The molecular formula is C18H19N3O5. The van der Waals surface area contributed by atoms with Crippen LogP contribution >= 0.6 is 0 Å². The van der Waals surface area contributed by atoms with Crippen LogP contribution in [-0.4, -0.2) is 30.3 Å². The number of hydrogen-bond acceptors (Lipinski definition) is 6. The second-order valence-corrected chi connectivity index (χ2v) is 5.56. The molecule has 0 unspecified atom stereocenters. The SMILES string of the molecule is COc1cc(/C=N/NC(=O)c2ccccc2)cc([N+](=O)[O-])c1OC(C)C. The number of nitro groups is 1. The highest BCUT2D eigenvalue weighted by molar-refractivity contribution is 5.95. The number of hydrogen-bond donors (Lipinski definition) is 1. The summed E-state index contributed by atoms with van der Waals surface area (Å²) >= 11 is 0. The molecule has 0 atom stereocenters. The molecule has 0 heterocycles. The fraction of sp³-hybridized carbons (Fsp3) is 0.222. The van der Waals surface area contributed by atoms with Gasteiger partial charge in [0.05, 0.1) is 24.4 Å². The Hall–Kier alpha value is -3.42.